The predicted octanol–water partition coefficient (Wildman–Crippen LogP) is 3.31. The second-order valence-electron chi connectivity index (χ2n) is 4.21. The van der Waals surface area contributed by atoms with E-state index in [0.717, 1.165) is 0 Å². The summed E-state index contributed by atoms with van der Waals surface area (Å²) in [7, 11) is 0. The van der Waals surface area contributed by atoms with Crippen LogP contribution in [0.3, 0.4) is 0 Å². The van der Waals surface area contributed by atoms with Crippen LogP contribution < -0.4 is 0 Å². The van der Waals surface area contributed by atoms with Crippen LogP contribution in [-0.2, 0) is 4.74 Å². The van der Waals surface area contributed by atoms with Gasteiger partial charge < -0.3 is 4.74 Å². The first-order valence-electron chi connectivity index (χ1n) is 5.28. The molecule has 0 radical (unpaired) electrons. The van der Waals surface area contributed by atoms with E-state index in [1.54, 1.807) is 0 Å². The van der Waals surface area contributed by atoms with Gasteiger partial charge in [-0.15, -0.1) is 0 Å². The molecule has 1 heteroatoms. The number of hydrogen-bond acceptors (Lipinski definition) is 1. The molecule has 1 nitrogen and oxygen atoms in total. The molecule has 15 heavy (non-hydrogen) atoms. The summed E-state index contributed by atoms with van der Waals surface area (Å²) in [5.74, 6) is 0. The number of fused-ring (bicyclic) bond motifs is 4. The van der Waals surface area contributed by atoms with Crippen molar-refractivity contribution in [3.63, 3.8) is 0 Å². The molecule has 0 amide bonds. The Morgan fingerprint density at radius 1 is 1.00 bits per heavy atom. The van der Waals surface area contributed by atoms with Gasteiger partial charge in [0.1, 0.15) is 12.2 Å². The Hall–Kier alpha value is -1.60. The van der Waals surface area contributed by atoms with Crippen LogP contribution in [0.15, 0.2) is 42.5 Å². The maximum atomic E-state index is 5.57. The zero-order valence-corrected chi connectivity index (χ0v) is 8.18. The van der Waals surface area contributed by atoms with Gasteiger partial charge in [-0.1, -0.05) is 36.4 Å². The predicted molar refractivity (Wildman–Crippen MR) is 60.6 cm³/mol. The molecule has 1 fully saturated rings. The zero-order valence-electron chi connectivity index (χ0n) is 8.18. The summed E-state index contributed by atoms with van der Waals surface area (Å²) in [5, 5.41) is 2.61. The van der Waals surface area contributed by atoms with E-state index in [1.165, 1.54) is 21.9 Å². The second-order valence-corrected chi connectivity index (χ2v) is 4.21. The lowest BCUT2D eigenvalue weighted by Crippen LogP contribution is -1.94. The third kappa shape index (κ3) is 1.01. The van der Waals surface area contributed by atoms with Crippen LogP contribution >= 0.6 is 0 Å². The molecule has 1 heterocycles. The minimum Gasteiger partial charge on any atom is -0.360 e. The molecule has 1 aliphatic heterocycles. The van der Waals surface area contributed by atoms with Crippen LogP contribution in [0, 0.1) is 0 Å². The largest absolute Gasteiger partial charge is 0.360 e. The normalized spacial score (nSPS) is 26.1. The van der Waals surface area contributed by atoms with Crippen molar-refractivity contribution in [1.82, 2.24) is 0 Å². The van der Waals surface area contributed by atoms with E-state index in [2.05, 4.69) is 48.6 Å². The Kier molecular flexibility index (Phi) is 1.28. The van der Waals surface area contributed by atoms with Gasteiger partial charge in [-0.2, -0.15) is 0 Å². The highest BCUT2D eigenvalue weighted by Gasteiger charge is 2.41. The molecule has 2 aromatic rings. The minimum atomic E-state index is 0.328. The van der Waals surface area contributed by atoms with Crippen LogP contribution in [0.2, 0.25) is 0 Å². The molecule has 1 aliphatic carbocycles. The van der Waals surface area contributed by atoms with Crippen molar-refractivity contribution in [3.8, 4) is 0 Å². The number of hydrogen-bond donors (Lipinski definition) is 0. The lowest BCUT2D eigenvalue weighted by molar-refractivity contribution is 0.395. The van der Waals surface area contributed by atoms with Crippen molar-refractivity contribution >= 4 is 16.8 Å². The average molecular weight is 194 g/mol. The Bertz CT molecular complexity index is 583. The molecule has 0 saturated carbocycles. The van der Waals surface area contributed by atoms with Crippen molar-refractivity contribution in [2.45, 2.75) is 12.2 Å². The average Bonchev–Trinajstić information content (AvgIpc) is 3.06. The van der Waals surface area contributed by atoms with Gasteiger partial charge in [-0.25, -0.2) is 0 Å². The standard InChI is InChI=1S/C14H10O/c1-2-4-10-8-12-11(7-9(10)3-1)5-6-13-14(12)15-13/h1-8,13-14H/t13-,14+/m0/s1. The number of epoxide rings is 1. The van der Waals surface area contributed by atoms with E-state index in [-0.39, 0.29) is 0 Å². The van der Waals surface area contributed by atoms with Gasteiger partial charge in [-0.05, 0) is 34.0 Å². The smallest absolute Gasteiger partial charge is 0.114 e. The molecule has 1 saturated heterocycles. The number of rotatable bonds is 0. The number of ether oxygens (including phenoxy) is 1. The van der Waals surface area contributed by atoms with Gasteiger partial charge in [0.05, 0.1) is 0 Å². The molecule has 0 N–H and O–H groups in total. The molecular formula is C14H10O. The molecule has 2 aromatic carbocycles. The van der Waals surface area contributed by atoms with Crippen LogP contribution in [0.5, 0.6) is 0 Å². The number of benzene rings is 2. The van der Waals surface area contributed by atoms with Gasteiger partial charge in [0, 0.05) is 0 Å². The molecule has 72 valence electrons. The third-order valence-corrected chi connectivity index (χ3v) is 3.25. The van der Waals surface area contributed by atoms with E-state index >= 15 is 0 Å². The van der Waals surface area contributed by atoms with E-state index in [9.17, 15) is 0 Å². The third-order valence-electron chi connectivity index (χ3n) is 3.25. The molecule has 0 bridgehead atoms. The highest BCUT2D eigenvalue weighted by Crippen LogP contribution is 2.45. The molecule has 4 rings (SSSR count). The van der Waals surface area contributed by atoms with E-state index in [1.807, 2.05) is 0 Å². The molecule has 0 aromatic heterocycles. The quantitative estimate of drug-likeness (QED) is 0.586. The zero-order chi connectivity index (χ0) is 9.83. The summed E-state index contributed by atoms with van der Waals surface area (Å²) in [5.41, 5.74) is 2.66. The first-order chi connectivity index (χ1) is 7.42. The van der Waals surface area contributed by atoms with Gasteiger partial charge in [0.25, 0.3) is 0 Å². The first-order valence-corrected chi connectivity index (χ1v) is 5.28. The Morgan fingerprint density at radius 2 is 1.80 bits per heavy atom. The van der Waals surface area contributed by atoms with Crippen molar-refractivity contribution in [1.29, 1.82) is 0 Å². The van der Waals surface area contributed by atoms with Gasteiger partial charge >= 0.3 is 0 Å². The minimum absolute atomic E-state index is 0.328. The fourth-order valence-electron chi connectivity index (χ4n) is 2.39. The summed E-state index contributed by atoms with van der Waals surface area (Å²) >= 11 is 0. The van der Waals surface area contributed by atoms with Crippen LogP contribution in [0.1, 0.15) is 17.2 Å². The van der Waals surface area contributed by atoms with E-state index in [0.29, 0.717) is 12.2 Å². The monoisotopic (exact) mass is 194 g/mol. The van der Waals surface area contributed by atoms with E-state index in [4.69, 9.17) is 4.74 Å². The summed E-state index contributed by atoms with van der Waals surface area (Å²) in [6.07, 6.45) is 5.01. The van der Waals surface area contributed by atoms with Crippen molar-refractivity contribution in [3.05, 3.63) is 53.6 Å². The maximum Gasteiger partial charge on any atom is 0.114 e. The Morgan fingerprint density at radius 3 is 2.67 bits per heavy atom. The van der Waals surface area contributed by atoms with Crippen molar-refractivity contribution in [2.24, 2.45) is 0 Å². The summed E-state index contributed by atoms with van der Waals surface area (Å²) in [4.78, 5) is 0. The van der Waals surface area contributed by atoms with Crippen LogP contribution in [0.25, 0.3) is 16.8 Å². The lowest BCUT2D eigenvalue weighted by Gasteiger charge is -2.08. The van der Waals surface area contributed by atoms with Crippen LogP contribution in [-0.4, -0.2) is 6.10 Å². The highest BCUT2D eigenvalue weighted by molar-refractivity contribution is 5.87. The van der Waals surface area contributed by atoms with Gasteiger partial charge in [0.15, 0.2) is 0 Å². The Balaban J connectivity index is 2.07. The molecule has 0 spiro atoms. The molecule has 2 atom stereocenters. The second kappa shape index (κ2) is 2.50. The topological polar surface area (TPSA) is 12.5 Å². The summed E-state index contributed by atoms with van der Waals surface area (Å²) in [6, 6.07) is 13.0. The maximum absolute atomic E-state index is 5.57. The van der Waals surface area contributed by atoms with Gasteiger partial charge in [-0.3, -0.25) is 0 Å². The fraction of sp³-hybridized carbons (Fsp3) is 0.143. The Labute approximate surface area is 88.0 Å². The first kappa shape index (κ1) is 7.66. The van der Waals surface area contributed by atoms with Crippen LogP contribution in [0.4, 0.5) is 0 Å². The molecule has 2 aliphatic rings. The highest BCUT2D eigenvalue weighted by atomic mass is 16.6. The molecular weight excluding hydrogens is 184 g/mol. The van der Waals surface area contributed by atoms with Crippen molar-refractivity contribution in [2.75, 3.05) is 0 Å². The van der Waals surface area contributed by atoms with E-state index < -0.39 is 0 Å². The fourth-order valence-corrected chi connectivity index (χ4v) is 2.39. The SMILES string of the molecule is C1=C[C@@H]2O[C@@H]2c2cc3ccccc3cc21. The molecule has 0 unspecified atom stereocenters. The van der Waals surface area contributed by atoms with Crippen molar-refractivity contribution < 1.29 is 4.74 Å². The summed E-state index contributed by atoms with van der Waals surface area (Å²) < 4.78 is 5.57. The lowest BCUT2D eigenvalue weighted by atomic mass is 9.94. The summed E-state index contributed by atoms with van der Waals surface area (Å²) in [6.45, 7) is 0. The van der Waals surface area contributed by atoms with Gasteiger partial charge in [0.2, 0.25) is 0 Å².